The highest BCUT2D eigenvalue weighted by Crippen LogP contribution is 2.21. The zero-order valence-corrected chi connectivity index (χ0v) is 18.4. The van der Waals surface area contributed by atoms with Gasteiger partial charge in [0.1, 0.15) is 11.8 Å². The van der Waals surface area contributed by atoms with Gasteiger partial charge in [-0.1, -0.05) is 40.2 Å². The number of carbonyl (C=O) groups excluding carboxylic acids is 2. The van der Waals surface area contributed by atoms with Crippen LogP contribution < -0.4 is 10.1 Å². The fourth-order valence-corrected chi connectivity index (χ4v) is 3.06. The smallest absolute Gasteiger partial charge is 0.261 e. The van der Waals surface area contributed by atoms with Crippen LogP contribution in [0.25, 0.3) is 0 Å². The van der Waals surface area contributed by atoms with Crippen molar-refractivity contribution in [1.29, 1.82) is 0 Å². The summed E-state index contributed by atoms with van der Waals surface area (Å²) in [5.74, 6) is 0.268. The number of nitrogens with zero attached hydrogens (tertiary/aromatic N) is 1. The summed E-state index contributed by atoms with van der Waals surface area (Å²) in [4.78, 5) is 26.9. The minimum atomic E-state index is -0.599. The molecule has 0 aliphatic rings. The molecule has 6 heteroatoms. The lowest BCUT2D eigenvalue weighted by atomic mass is 10.1. The van der Waals surface area contributed by atoms with Crippen molar-refractivity contribution in [2.45, 2.75) is 40.3 Å². The van der Waals surface area contributed by atoms with Crippen molar-refractivity contribution in [3.05, 3.63) is 63.6 Å². The second-order valence-electron chi connectivity index (χ2n) is 6.71. The van der Waals surface area contributed by atoms with Crippen molar-refractivity contribution in [1.82, 2.24) is 10.2 Å². The molecule has 0 fully saturated rings. The zero-order valence-electron chi connectivity index (χ0n) is 16.8. The van der Waals surface area contributed by atoms with Gasteiger partial charge in [-0.25, -0.2) is 0 Å². The van der Waals surface area contributed by atoms with E-state index in [1.54, 1.807) is 11.8 Å². The van der Waals surface area contributed by atoms with Crippen LogP contribution >= 0.6 is 15.9 Å². The van der Waals surface area contributed by atoms with Gasteiger partial charge in [0, 0.05) is 17.6 Å². The van der Waals surface area contributed by atoms with Gasteiger partial charge in [0.05, 0.1) is 0 Å². The number of aryl methyl sites for hydroxylation is 1. The van der Waals surface area contributed by atoms with Gasteiger partial charge in [0.15, 0.2) is 6.61 Å². The normalized spacial score (nSPS) is 11.6. The third kappa shape index (κ3) is 5.83. The van der Waals surface area contributed by atoms with Crippen LogP contribution in [-0.4, -0.2) is 35.9 Å². The molecule has 2 amide bonds. The zero-order chi connectivity index (χ0) is 20.7. The summed E-state index contributed by atoms with van der Waals surface area (Å²) in [6, 6.07) is 12.9. The monoisotopic (exact) mass is 446 g/mol. The van der Waals surface area contributed by atoms with Crippen LogP contribution in [0.15, 0.2) is 46.9 Å². The molecule has 2 aromatic carbocycles. The van der Waals surface area contributed by atoms with Crippen LogP contribution in [0.3, 0.4) is 0 Å². The Hall–Kier alpha value is -2.34. The molecular weight excluding hydrogens is 420 g/mol. The van der Waals surface area contributed by atoms with Crippen LogP contribution in [0.5, 0.6) is 5.75 Å². The Kier molecular flexibility index (Phi) is 8.05. The first-order valence-corrected chi connectivity index (χ1v) is 10.1. The molecule has 5 nitrogen and oxygen atoms in total. The number of rotatable bonds is 8. The van der Waals surface area contributed by atoms with E-state index >= 15 is 0 Å². The fraction of sp³-hybridized carbons (Fsp3) is 0.364. The lowest BCUT2D eigenvalue weighted by Gasteiger charge is -2.28. The number of hydrogen-bond acceptors (Lipinski definition) is 3. The molecule has 2 rings (SSSR count). The Balaban J connectivity index is 2.16. The summed E-state index contributed by atoms with van der Waals surface area (Å²) in [7, 11) is 0. The van der Waals surface area contributed by atoms with Gasteiger partial charge in [-0.2, -0.15) is 0 Å². The maximum absolute atomic E-state index is 12.9. The lowest BCUT2D eigenvalue weighted by Crippen LogP contribution is -2.49. The van der Waals surface area contributed by atoms with Gasteiger partial charge >= 0.3 is 0 Å². The molecule has 0 aromatic heterocycles. The maximum atomic E-state index is 12.9. The first-order chi connectivity index (χ1) is 13.3. The summed E-state index contributed by atoms with van der Waals surface area (Å²) in [5.41, 5.74) is 3.05. The summed E-state index contributed by atoms with van der Waals surface area (Å²) < 4.78 is 6.74. The Bertz CT molecular complexity index is 821. The molecule has 0 bridgehead atoms. The standard InChI is InChI=1S/C22H27BrN2O3/c1-5-24-22(27)17(4)25(13-18-9-11-19(23)12-10-18)21(26)14-28-20-8-6-7-15(2)16(20)3/h6-12,17H,5,13-14H2,1-4H3,(H,24,27). The number of ether oxygens (including phenoxy) is 1. The van der Waals surface area contributed by atoms with E-state index in [2.05, 4.69) is 21.2 Å². The highest BCUT2D eigenvalue weighted by atomic mass is 79.9. The van der Waals surface area contributed by atoms with Crippen LogP contribution in [0.2, 0.25) is 0 Å². The first-order valence-electron chi connectivity index (χ1n) is 9.34. The van der Waals surface area contributed by atoms with E-state index in [0.717, 1.165) is 21.2 Å². The average Bonchev–Trinajstić information content (AvgIpc) is 2.68. The SMILES string of the molecule is CCNC(=O)C(C)N(Cc1ccc(Br)cc1)C(=O)COc1cccc(C)c1C. The molecular formula is C22H27BrN2O3. The summed E-state index contributed by atoms with van der Waals surface area (Å²) in [5, 5.41) is 2.78. The maximum Gasteiger partial charge on any atom is 0.261 e. The van der Waals surface area contributed by atoms with E-state index in [1.807, 2.05) is 63.2 Å². The number of benzene rings is 2. The van der Waals surface area contributed by atoms with Crippen molar-refractivity contribution in [2.24, 2.45) is 0 Å². The number of halogens is 1. The van der Waals surface area contributed by atoms with E-state index in [-0.39, 0.29) is 18.4 Å². The number of nitrogens with one attached hydrogen (secondary N) is 1. The number of carbonyl (C=O) groups is 2. The highest BCUT2D eigenvalue weighted by Gasteiger charge is 2.26. The largest absolute Gasteiger partial charge is 0.483 e. The molecule has 0 heterocycles. The second kappa shape index (κ2) is 10.3. The number of amides is 2. The van der Waals surface area contributed by atoms with Crippen molar-refractivity contribution < 1.29 is 14.3 Å². The van der Waals surface area contributed by atoms with Gasteiger partial charge in [0.25, 0.3) is 5.91 Å². The van der Waals surface area contributed by atoms with E-state index in [0.29, 0.717) is 18.8 Å². The molecule has 0 radical (unpaired) electrons. The molecule has 150 valence electrons. The van der Waals surface area contributed by atoms with Crippen LogP contribution in [0, 0.1) is 13.8 Å². The summed E-state index contributed by atoms with van der Waals surface area (Å²) >= 11 is 3.41. The molecule has 1 N–H and O–H groups in total. The third-order valence-corrected chi connectivity index (χ3v) is 5.22. The quantitative estimate of drug-likeness (QED) is 0.666. The average molecular weight is 447 g/mol. The molecule has 0 aliphatic heterocycles. The Morgan fingerprint density at radius 2 is 1.82 bits per heavy atom. The van der Waals surface area contributed by atoms with Gasteiger partial charge < -0.3 is 15.0 Å². The predicted octanol–water partition coefficient (Wildman–Crippen LogP) is 4.00. The van der Waals surface area contributed by atoms with E-state index < -0.39 is 6.04 Å². The van der Waals surface area contributed by atoms with Crippen LogP contribution in [0.1, 0.15) is 30.5 Å². The number of hydrogen-bond donors (Lipinski definition) is 1. The summed E-state index contributed by atoms with van der Waals surface area (Å²) in [6.07, 6.45) is 0. The Morgan fingerprint density at radius 1 is 1.14 bits per heavy atom. The molecule has 0 spiro atoms. The molecule has 28 heavy (non-hydrogen) atoms. The van der Waals surface area contributed by atoms with Crippen molar-refractivity contribution in [2.75, 3.05) is 13.2 Å². The van der Waals surface area contributed by atoms with E-state index in [1.165, 1.54) is 0 Å². The van der Waals surface area contributed by atoms with Gasteiger partial charge in [0.2, 0.25) is 5.91 Å². The Labute approximate surface area is 175 Å². The van der Waals surface area contributed by atoms with Gasteiger partial charge in [-0.15, -0.1) is 0 Å². The highest BCUT2D eigenvalue weighted by molar-refractivity contribution is 9.10. The number of likely N-dealkylation sites (N-methyl/N-ethyl adjacent to an activating group) is 1. The van der Waals surface area contributed by atoms with Crippen LogP contribution in [-0.2, 0) is 16.1 Å². The molecule has 0 saturated carbocycles. The van der Waals surface area contributed by atoms with Gasteiger partial charge in [-0.05, 0) is 62.6 Å². The fourth-order valence-electron chi connectivity index (χ4n) is 2.79. The minimum Gasteiger partial charge on any atom is -0.483 e. The molecule has 0 saturated heterocycles. The van der Waals surface area contributed by atoms with Gasteiger partial charge in [-0.3, -0.25) is 9.59 Å². The predicted molar refractivity (Wildman–Crippen MR) is 114 cm³/mol. The van der Waals surface area contributed by atoms with E-state index in [9.17, 15) is 9.59 Å². The first kappa shape index (κ1) is 22.0. The Morgan fingerprint density at radius 3 is 2.46 bits per heavy atom. The van der Waals surface area contributed by atoms with Crippen molar-refractivity contribution in [3.8, 4) is 5.75 Å². The lowest BCUT2D eigenvalue weighted by molar-refractivity contribution is -0.142. The topological polar surface area (TPSA) is 58.6 Å². The molecule has 1 atom stereocenters. The molecule has 2 aromatic rings. The second-order valence-corrected chi connectivity index (χ2v) is 7.62. The third-order valence-electron chi connectivity index (χ3n) is 4.69. The summed E-state index contributed by atoms with van der Waals surface area (Å²) in [6.45, 7) is 8.29. The van der Waals surface area contributed by atoms with E-state index in [4.69, 9.17) is 4.74 Å². The van der Waals surface area contributed by atoms with Crippen LogP contribution in [0.4, 0.5) is 0 Å². The molecule has 1 unspecified atom stereocenters. The minimum absolute atomic E-state index is 0.120. The van der Waals surface area contributed by atoms with Crippen molar-refractivity contribution >= 4 is 27.7 Å². The van der Waals surface area contributed by atoms with Crippen molar-refractivity contribution in [3.63, 3.8) is 0 Å². The molecule has 0 aliphatic carbocycles.